The molecule has 2 aromatic carbocycles. The molecule has 0 saturated carbocycles. The molecule has 0 radical (unpaired) electrons. The number of rotatable bonds is 9. The number of aliphatic imine (C=N–C) groups is 1. The van der Waals surface area contributed by atoms with Crippen LogP contribution in [0.3, 0.4) is 0 Å². The van der Waals surface area contributed by atoms with Gasteiger partial charge in [-0.3, -0.25) is 14.9 Å². The van der Waals surface area contributed by atoms with Crippen molar-refractivity contribution in [1.82, 2.24) is 15.5 Å². The molecule has 0 spiro atoms. The fourth-order valence-corrected chi connectivity index (χ4v) is 3.59. The van der Waals surface area contributed by atoms with E-state index in [2.05, 4.69) is 27.8 Å². The van der Waals surface area contributed by atoms with Gasteiger partial charge < -0.3 is 15.5 Å². The van der Waals surface area contributed by atoms with Gasteiger partial charge in [0.2, 0.25) is 5.91 Å². The minimum absolute atomic E-state index is 0. The number of carbonyl (C=O) groups excluding carboxylic acids is 1. The quantitative estimate of drug-likeness (QED) is 0.164. The normalized spacial score (nSPS) is 15.9. The van der Waals surface area contributed by atoms with Gasteiger partial charge in [-0.05, 0) is 24.5 Å². The SMILES string of the molecule is CCNC(=NCc1ccc([N+](=O)[O-])cc1)NCC1CC(=O)N(CCc2ccccc2)C1.I. The van der Waals surface area contributed by atoms with Crippen LogP contribution in [0.5, 0.6) is 0 Å². The Morgan fingerprint density at radius 1 is 1.12 bits per heavy atom. The van der Waals surface area contributed by atoms with E-state index in [0.717, 1.165) is 31.6 Å². The number of guanidine groups is 1. The van der Waals surface area contributed by atoms with Crippen LogP contribution in [0.15, 0.2) is 59.6 Å². The molecule has 1 atom stereocenters. The van der Waals surface area contributed by atoms with Crippen molar-refractivity contribution in [3.63, 3.8) is 0 Å². The monoisotopic (exact) mass is 551 g/mol. The first-order chi connectivity index (χ1) is 15.0. The molecular weight excluding hydrogens is 521 g/mol. The Bertz CT molecular complexity index is 906. The first kappa shape index (κ1) is 25.6. The van der Waals surface area contributed by atoms with Crippen molar-refractivity contribution < 1.29 is 9.72 Å². The minimum Gasteiger partial charge on any atom is -0.357 e. The van der Waals surface area contributed by atoms with Gasteiger partial charge in [-0.1, -0.05) is 42.5 Å². The van der Waals surface area contributed by atoms with Crippen molar-refractivity contribution in [1.29, 1.82) is 0 Å². The Morgan fingerprint density at radius 2 is 1.84 bits per heavy atom. The molecule has 9 heteroatoms. The van der Waals surface area contributed by atoms with E-state index in [9.17, 15) is 14.9 Å². The van der Waals surface area contributed by atoms with Gasteiger partial charge in [0.1, 0.15) is 0 Å². The van der Waals surface area contributed by atoms with Crippen molar-refractivity contribution >= 4 is 41.5 Å². The van der Waals surface area contributed by atoms with Crippen LogP contribution in [0.25, 0.3) is 0 Å². The third kappa shape index (κ3) is 7.77. The molecule has 1 fully saturated rings. The predicted molar refractivity (Wildman–Crippen MR) is 136 cm³/mol. The van der Waals surface area contributed by atoms with Gasteiger partial charge in [0.25, 0.3) is 5.69 Å². The van der Waals surface area contributed by atoms with E-state index in [1.54, 1.807) is 12.1 Å². The first-order valence-electron chi connectivity index (χ1n) is 10.6. The molecule has 0 aromatic heterocycles. The highest BCUT2D eigenvalue weighted by Crippen LogP contribution is 2.18. The van der Waals surface area contributed by atoms with E-state index in [-0.39, 0.29) is 41.5 Å². The van der Waals surface area contributed by atoms with Gasteiger partial charge in [-0.15, -0.1) is 24.0 Å². The molecule has 0 bridgehead atoms. The summed E-state index contributed by atoms with van der Waals surface area (Å²) in [6.45, 7) is 5.29. The molecule has 2 aromatic rings. The summed E-state index contributed by atoms with van der Waals surface area (Å²) >= 11 is 0. The van der Waals surface area contributed by atoms with Gasteiger partial charge in [-0.2, -0.15) is 0 Å². The van der Waals surface area contributed by atoms with Crippen LogP contribution in [-0.4, -0.2) is 47.9 Å². The highest BCUT2D eigenvalue weighted by molar-refractivity contribution is 14.0. The lowest BCUT2D eigenvalue weighted by atomic mass is 10.1. The molecule has 172 valence electrons. The standard InChI is InChI=1S/C23H29N5O3.HI/c1-2-24-23(25-15-19-8-10-21(11-9-19)28(30)31)26-16-20-14-22(29)27(17-20)13-12-18-6-4-3-5-7-18;/h3-11,20H,2,12-17H2,1H3,(H2,24,25,26);1H. The molecule has 3 rings (SSSR count). The minimum atomic E-state index is -0.412. The van der Waals surface area contributed by atoms with Crippen LogP contribution in [0, 0.1) is 16.0 Å². The molecule has 1 unspecified atom stereocenters. The Labute approximate surface area is 205 Å². The first-order valence-corrected chi connectivity index (χ1v) is 10.6. The second-order valence-electron chi connectivity index (χ2n) is 7.65. The second-order valence-corrected chi connectivity index (χ2v) is 7.65. The van der Waals surface area contributed by atoms with Gasteiger partial charge in [0, 0.05) is 50.7 Å². The number of carbonyl (C=O) groups is 1. The van der Waals surface area contributed by atoms with E-state index >= 15 is 0 Å². The van der Waals surface area contributed by atoms with Crippen molar-refractivity contribution in [2.75, 3.05) is 26.2 Å². The predicted octanol–water partition coefficient (Wildman–Crippen LogP) is 3.36. The molecule has 32 heavy (non-hydrogen) atoms. The molecule has 2 N–H and O–H groups in total. The smallest absolute Gasteiger partial charge is 0.269 e. The number of hydrogen-bond donors (Lipinski definition) is 2. The Balaban J connectivity index is 0.00000363. The molecule has 1 saturated heterocycles. The third-order valence-electron chi connectivity index (χ3n) is 5.28. The summed E-state index contributed by atoms with van der Waals surface area (Å²) in [5.74, 6) is 1.12. The van der Waals surface area contributed by atoms with E-state index < -0.39 is 4.92 Å². The molecule has 1 aliphatic heterocycles. The Kier molecular flexibility index (Phi) is 10.4. The zero-order valence-corrected chi connectivity index (χ0v) is 20.5. The lowest BCUT2D eigenvalue weighted by Crippen LogP contribution is -2.40. The van der Waals surface area contributed by atoms with Crippen LogP contribution >= 0.6 is 24.0 Å². The van der Waals surface area contributed by atoms with Crippen LogP contribution < -0.4 is 10.6 Å². The number of nitro groups is 1. The summed E-state index contributed by atoms with van der Waals surface area (Å²) in [4.78, 5) is 29.2. The maximum absolute atomic E-state index is 12.4. The largest absolute Gasteiger partial charge is 0.357 e. The number of halogens is 1. The number of nitrogens with zero attached hydrogens (tertiary/aromatic N) is 3. The number of benzene rings is 2. The van der Waals surface area contributed by atoms with E-state index in [0.29, 0.717) is 25.5 Å². The van der Waals surface area contributed by atoms with Crippen LogP contribution in [0.2, 0.25) is 0 Å². The fourth-order valence-electron chi connectivity index (χ4n) is 3.59. The summed E-state index contributed by atoms with van der Waals surface area (Å²) in [7, 11) is 0. The van der Waals surface area contributed by atoms with E-state index in [1.807, 2.05) is 30.0 Å². The zero-order chi connectivity index (χ0) is 22.1. The van der Waals surface area contributed by atoms with Gasteiger partial charge in [0.05, 0.1) is 11.5 Å². The molecule has 1 heterocycles. The Hall–Kier alpha value is -2.69. The van der Waals surface area contributed by atoms with Crippen LogP contribution in [0.4, 0.5) is 5.69 Å². The molecule has 1 amide bonds. The lowest BCUT2D eigenvalue weighted by molar-refractivity contribution is -0.384. The van der Waals surface area contributed by atoms with Gasteiger partial charge in [-0.25, -0.2) is 4.99 Å². The number of amides is 1. The molecule has 1 aliphatic rings. The lowest BCUT2D eigenvalue weighted by Gasteiger charge is -2.18. The van der Waals surface area contributed by atoms with Crippen molar-refractivity contribution in [3.8, 4) is 0 Å². The summed E-state index contributed by atoms with van der Waals surface area (Å²) < 4.78 is 0. The number of non-ortho nitro benzene ring substituents is 1. The number of likely N-dealkylation sites (tertiary alicyclic amines) is 1. The summed E-state index contributed by atoms with van der Waals surface area (Å²) in [6.07, 6.45) is 1.41. The van der Waals surface area contributed by atoms with Crippen molar-refractivity contribution in [2.24, 2.45) is 10.9 Å². The number of nitrogens with one attached hydrogen (secondary N) is 2. The average Bonchev–Trinajstić information content (AvgIpc) is 3.14. The van der Waals surface area contributed by atoms with Crippen LogP contribution in [0.1, 0.15) is 24.5 Å². The summed E-state index contributed by atoms with van der Waals surface area (Å²) in [5.41, 5.74) is 2.20. The maximum Gasteiger partial charge on any atom is 0.269 e. The van der Waals surface area contributed by atoms with Gasteiger partial charge >= 0.3 is 0 Å². The maximum atomic E-state index is 12.4. The van der Waals surface area contributed by atoms with E-state index in [4.69, 9.17) is 0 Å². The van der Waals surface area contributed by atoms with E-state index in [1.165, 1.54) is 17.7 Å². The molecular formula is C23H30IN5O3. The van der Waals surface area contributed by atoms with Crippen LogP contribution in [-0.2, 0) is 17.8 Å². The zero-order valence-electron chi connectivity index (χ0n) is 18.2. The third-order valence-corrected chi connectivity index (χ3v) is 5.28. The topological polar surface area (TPSA) is 99.9 Å². The number of hydrogen-bond acceptors (Lipinski definition) is 4. The highest BCUT2D eigenvalue weighted by Gasteiger charge is 2.29. The summed E-state index contributed by atoms with van der Waals surface area (Å²) in [5, 5.41) is 17.3. The molecule has 8 nitrogen and oxygen atoms in total. The Morgan fingerprint density at radius 3 is 2.50 bits per heavy atom. The average molecular weight is 551 g/mol. The highest BCUT2D eigenvalue weighted by atomic mass is 127. The van der Waals surface area contributed by atoms with Crippen molar-refractivity contribution in [2.45, 2.75) is 26.3 Å². The fraction of sp³-hybridized carbons (Fsp3) is 0.391. The van der Waals surface area contributed by atoms with Crippen molar-refractivity contribution in [3.05, 3.63) is 75.8 Å². The second kappa shape index (κ2) is 13.0. The van der Waals surface area contributed by atoms with Gasteiger partial charge in [0.15, 0.2) is 5.96 Å². The molecule has 0 aliphatic carbocycles. The number of nitro benzene ring substituents is 1. The summed E-state index contributed by atoms with van der Waals surface area (Å²) in [6, 6.07) is 16.6.